The van der Waals surface area contributed by atoms with Gasteiger partial charge in [0.2, 0.25) is 5.91 Å². The average Bonchev–Trinajstić information content (AvgIpc) is 3.27. The topological polar surface area (TPSA) is 149 Å². The molecular weight excluding hydrogens is 779 g/mol. The van der Waals surface area contributed by atoms with Gasteiger partial charge in [0.05, 0.1) is 25.4 Å². The number of rotatable bonds is 38. The molecule has 1 rings (SSSR count). The van der Waals surface area contributed by atoms with E-state index in [1.165, 1.54) is 38.5 Å². The maximum absolute atomic E-state index is 12.9. The van der Waals surface area contributed by atoms with Crippen LogP contribution in [0.2, 0.25) is 0 Å². The highest BCUT2D eigenvalue weighted by Crippen LogP contribution is 2.22. The van der Waals surface area contributed by atoms with E-state index in [0.29, 0.717) is 6.42 Å². The van der Waals surface area contributed by atoms with Gasteiger partial charge in [0.25, 0.3) is 0 Å². The number of hydrogen-bond acceptors (Lipinski definition) is 8. The fourth-order valence-corrected chi connectivity index (χ4v) is 6.78. The van der Waals surface area contributed by atoms with Gasteiger partial charge in [-0.1, -0.05) is 175 Å². The first-order valence-corrected chi connectivity index (χ1v) is 24.1. The number of allylic oxidation sites excluding steroid dienone is 17. The Hall–Kier alpha value is -3.15. The molecule has 352 valence electrons. The molecular formula is C53H87NO8. The number of ether oxygens (including phenoxy) is 2. The van der Waals surface area contributed by atoms with Crippen LogP contribution < -0.4 is 5.32 Å². The molecule has 0 aromatic carbocycles. The molecule has 0 aromatic heterocycles. The van der Waals surface area contributed by atoms with Crippen LogP contribution in [-0.2, 0) is 14.3 Å². The van der Waals surface area contributed by atoms with E-state index in [2.05, 4.69) is 116 Å². The standard InChI is InChI=1S/C53H87NO8/c1-3-5-7-9-11-13-15-16-17-18-19-20-21-22-23-24-25-26-27-28-29-30-31-32-33-35-37-39-41-43-49(57)54-46(45-61-53-52(60)51(59)50(58)48(44-55)62-53)47(56)42-40-38-36-34-14-12-10-8-6-4-2/h5-8,11,13-14,16-17,19-20,22-23,25-26,34,40,42,46-48,50-53,55-56,58-60H,3-4,9-10,12,15,18,21,24,27-33,35-39,41,43-45H2,1-2H3,(H,54,57)/b7-5-,8-6+,13-11-,17-16-,20-19-,23-22-,26-25-,34-14+,42-40+. The van der Waals surface area contributed by atoms with Crippen molar-refractivity contribution in [1.29, 1.82) is 0 Å². The summed E-state index contributed by atoms with van der Waals surface area (Å²) in [6, 6.07) is -0.836. The zero-order valence-corrected chi connectivity index (χ0v) is 38.6. The van der Waals surface area contributed by atoms with Gasteiger partial charge in [0.1, 0.15) is 24.4 Å². The monoisotopic (exact) mass is 866 g/mol. The Morgan fingerprint density at radius 2 is 0.968 bits per heavy atom. The molecule has 1 aliphatic rings. The number of unbranched alkanes of at least 4 members (excludes halogenated alkanes) is 12. The fraction of sp³-hybridized carbons (Fsp3) is 0.642. The highest BCUT2D eigenvalue weighted by Gasteiger charge is 2.44. The first-order valence-electron chi connectivity index (χ1n) is 24.1. The minimum absolute atomic E-state index is 0.205. The van der Waals surface area contributed by atoms with Gasteiger partial charge in [-0.15, -0.1) is 0 Å². The van der Waals surface area contributed by atoms with Crippen molar-refractivity contribution in [2.45, 2.75) is 204 Å². The summed E-state index contributed by atoms with van der Waals surface area (Å²) in [7, 11) is 0. The molecule has 0 bridgehead atoms. The minimum Gasteiger partial charge on any atom is -0.394 e. The predicted octanol–water partition coefficient (Wildman–Crippen LogP) is 10.7. The summed E-state index contributed by atoms with van der Waals surface area (Å²) in [6.07, 6.45) is 54.4. The Labute approximate surface area is 376 Å². The summed E-state index contributed by atoms with van der Waals surface area (Å²) < 4.78 is 11.2. The largest absolute Gasteiger partial charge is 0.394 e. The number of nitrogens with one attached hydrogen (secondary N) is 1. The fourth-order valence-electron chi connectivity index (χ4n) is 6.78. The Morgan fingerprint density at radius 3 is 1.48 bits per heavy atom. The van der Waals surface area contributed by atoms with E-state index in [-0.39, 0.29) is 12.5 Å². The summed E-state index contributed by atoms with van der Waals surface area (Å²) in [6.45, 7) is 3.48. The van der Waals surface area contributed by atoms with Crippen molar-refractivity contribution in [3.8, 4) is 0 Å². The van der Waals surface area contributed by atoms with Crippen molar-refractivity contribution in [3.63, 3.8) is 0 Å². The van der Waals surface area contributed by atoms with Gasteiger partial charge in [-0.25, -0.2) is 0 Å². The van der Waals surface area contributed by atoms with Crippen molar-refractivity contribution >= 4 is 5.91 Å². The summed E-state index contributed by atoms with van der Waals surface area (Å²) in [5.74, 6) is -0.205. The molecule has 1 aliphatic heterocycles. The number of aliphatic hydroxyl groups excluding tert-OH is 5. The van der Waals surface area contributed by atoms with Crippen LogP contribution in [-0.4, -0.2) is 87.5 Å². The minimum atomic E-state index is -1.58. The average molecular weight is 866 g/mol. The molecule has 7 atom stereocenters. The molecule has 0 aliphatic carbocycles. The molecule has 1 heterocycles. The Morgan fingerprint density at radius 1 is 0.548 bits per heavy atom. The zero-order chi connectivity index (χ0) is 45.1. The first-order chi connectivity index (χ1) is 30.3. The van der Waals surface area contributed by atoms with Crippen LogP contribution in [0.5, 0.6) is 0 Å². The first kappa shape index (κ1) is 56.9. The van der Waals surface area contributed by atoms with Crippen LogP contribution in [0.15, 0.2) is 109 Å². The molecule has 1 amide bonds. The lowest BCUT2D eigenvalue weighted by Crippen LogP contribution is -2.60. The second-order valence-electron chi connectivity index (χ2n) is 16.1. The molecule has 7 unspecified atom stereocenters. The van der Waals surface area contributed by atoms with Crippen molar-refractivity contribution in [2.24, 2.45) is 0 Å². The number of aliphatic hydroxyl groups is 5. The summed E-state index contributed by atoms with van der Waals surface area (Å²) in [5.41, 5.74) is 0. The second kappa shape index (κ2) is 41.8. The Kier molecular flexibility index (Phi) is 38.4. The normalized spacial score (nSPS) is 21.3. The van der Waals surface area contributed by atoms with Crippen LogP contribution >= 0.6 is 0 Å². The SMILES string of the molecule is CC/C=C\C/C=C\C/C=C\C/C=C\C/C=C\C/C=C\CCCCCCCCCCCCC(=O)NC(COC1OC(CO)C(O)C(O)C1O)C(O)/C=C/CC/C=C/CC/C=C/CC. The van der Waals surface area contributed by atoms with E-state index in [1.807, 2.05) is 6.08 Å². The molecule has 0 saturated carbocycles. The van der Waals surface area contributed by atoms with Crippen molar-refractivity contribution in [3.05, 3.63) is 109 Å². The third-order valence-electron chi connectivity index (χ3n) is 10.6. The van der Waals surface area contributed by atoms with Gasteiger partial charge in [0, 0.05) is 6.42 Å². The third kappa shape index (κ3) is 31.7. The molecule has 1 fully saturated rings. The Bertz CT molecular complexity index is 1330. The molecule has 9 heteroatoms. The zero-order valence-electron chi connectivity index (χ0n) is 38.6. The highest BCUT2D eigenvalue weighted by molar-refractivity contribution is 5.76. The molecule has 1 saturated heterocycles. The molecule has 9 nitrogen and oxygen atoms in total. The third-order valence-corrected chi connectivity index (χ3v) is 10.6. The smallest absolute Gasteiger partial charge is 0.220 e. The van der Waals surface area contributed by atoms with Crippen LogP contribution in [0.3, 0.4) is 0 Å². The van der Waals surface area contributed by atoms with E-state index in [4.69, 9.17) is 9.47 Å². The molecule has 0 spiro atoms. The van der Waals surface area contributed by atoms with Crippen molar-refractivity contribution in [1.82, 2.24) is 5.32 Å². The van der Waals surface area contributed by atoms with E-state index in [0.717, 1.165) is 103 Å². The number of hydrogen-bond donors (Lipinski definition) is 6. The van der Waals surface area contributed by atoms with Gasteiger partial charge < -0.3 is 40.3 Å². The Balaban J connectivity index is 2.23. The van der Waals surface area contributed by atoms with Crippen LogP contribution in [0.1, 0.15) is 162 Å². The van der Waals surface area contributed by atoms with Crippen LogP contribution in [0.4, 0.5) is 0 Å². The molecule has 0 aromatic rings. The van der Waals surface area contributed by atoms with Gasteiger partial charge in [-0.2, -0.15) is 0 Å². The molecule has 62 heavy (non-hydrogen) atoms. The number of carbonyl (C=O) groups excluding carboxylic acids is 1. The van der Waals surface area contributed by atoms with E-state index in [9.17, 15) is 30.3 Å². The summed E-state index contributed by atoms with van der Waals surface area (Å²) >= 11 is 0. The lowest BCUT2D eigenvalue weighted by atomic mass is 9.99. The van der Waals surface area contributed by atoms with Gasteiger partial charge in [-0.05, 0) is 89.9 Å². The lowest BCUT2D eigenvalue weighted by molar-refractivity contribution is -0.302. The quantitative estimate of drug-likeness (QED) is 0.0265. The maximum atomic E-state index is 12.9. The van der Waals surface area contributed by atoms with Crippen molar-refractivity contribution < 1.29 is 39.8 Å². The molecule has 6 N–H and O–H groups in total. The molecule has 0 radical (unpaired) electrons. The van der Waals surface area contributed by atoms with Gasteiger partial charge in [0.15, 0.2) is 6.29 Å². The summed E-state index contributed by atoms with van der Waals surface area (Å²) in [4.78, 5) is 12.9. The van der Waals surface area contributed by atoms with Gasteiger partial charge in [-0.3, -0.25) is 4.79 Å². The lowest BCUT2D eigenvalue weighted by Gasteiger charge is -2.40. The number of carbonyl (C=O) groups is 1. The van der Waals surface area contributed by atoms with E-state index in [1.54, 1.807) is 6.08 Å². The van der Waals surface area contributed by atoms with Crippen LogP contribution in [0.25, 0.3) is 0 Å². The van der Waals surface area contributed by atoms with Crippen molar-refractivity contribution in [2.75, 3.05) is 13.2 Å². The van der Waals surface area contributed by atoms with E-state index < -0.39 is 49.5 Å². The van der Waals surface area contributed by atoms with Crippen LogP contribution in [0, 0.1) is 0 Å². The maximum Gasteiger partial charge on any atom is 0.220 e. The second-order valence-corrected chi connectivity index (χ2v) is 16.1. The number of amides is 1. The highest BCUT2D eigenvalue weighted by atomic mass is 16.7. The predicted molar refractivity (Wildman–Crippen MR) is 257 cm³/mol. The summed E-state index contributed by atoms with van der Waals surface area (Å²) in [5, 5.41) is 54.0. The van der Waals surface area contributed by atoms with Gasteiger partial charge >= 0.3 is 0 Å². The van der Waals surface area contributed by atoms with E-state index >= 15 is 0 Å².